The van der Waals surface area contributed by atoms with Crippen LogP contribution >= 0.6 is 0 Å². The Bertz CT molecular complexity index is 203. The molecule has 5 heteroatoms. The third-order valence-electron chi connectivity index (χ3n) is 1.18. The number of nitrogens with zero attached hydrogens (tertiary/aromatic N) is 2. The van der Waals surface area contributed by atoms with E-state index in [1.54, 1.807) is 13.1 Å². The Kier molecular flexibility index (Phi) is 3.72. The Hall–Kier alpha value is -1.07. The van der Waals surface area contributed by atoms with Gasteiger partial charge in [-0.15, -0.1) is 0 Å². The first-order chi connectivity index (χ1) is 5.40. The predicted molar refractivity (Wildman–Crippen MR) is 45.9 cm³/mol. The van der Waals surface area contributed by atoms with Gasteiger partial charge in [-0.05, 0) is 6.92 Å². The molecule has 0 aliphatic heterocycles. The number of nitrogens with one attached hydrogen (secondary N) is 1. The van der Waals surface area contributed by atoms with Crippen LogP contribution in [-0.2, 0) is 0 Å². The van der Waals surface area contributed by atoms with Crippen LogP contribution in [0, 0.1) is 0 Å². The van der Waals surface area contributed by atoms with Crippen LogP contribution in [0.5, 0.6) is 0 Å². The zero-order valence-corrected chi connectivity index (χ0v) is 7.87. The van der Waals surface area contributed by atoms with Gasteiger partial charge in [-0.1, -0.05) is 5.16 Å². The molecule has 0 bridgehead atoms. The summed E-state index contributed by atoms with van der Waals surface area (Å²) in [5.74, 6) is 0. The van der Waals surface area contributed by atoms with Crippen molar-refractivity contribution in [2.75, 3.05) is 21.1 Å². The van der Waals surface area contributed by atoms with Crippen LogP contribution in [0.2, 0.25) is 0 Å². The molecule has 0 saturated heterocycles. The average Bonchev–Trinajstić information content (AvgIpc) is 1.97. The molecule has 0 amide bonds. The number of rotatable bonds is 3. The lowest BCUT2D eigenvalue weighted by Crippen LogP contribution is -2.30. The highest BCUT2D eigenvalue weighted by Gasteiger charge is 2.09. The zero-order chi connectivity index (χ0) is 9.78. The third-order valence-corrected chi connectivity index (χ3v) is 1.18. The lowest BCUT2D eigenvalue weighted by atomic mass is 10.3. The van der Waals surface area contributed by atoms with Crippen molar-refractivity contribution < 1.29 is 14.9 Å². The molecular weight excluding hydrogens is 158 g/mol. The smallest absolute Gasteiger partial charge is 0.138 e. The van der Waals surface area contributed by atoms with Gasteiger partial charge in [0.2, 0.25) is 0 Å². The molecule has 0 aromatic carbocycles. The second-order valence-electron chi connectivity index (χ2n) is 3.46. The SMILES string of the molecule is CC(=NO)/C(=C/[N+](C)(C)C)NO. The fraction of sp³-hybridized carbons (Fsp3) is 0.571. The van der Waals surface area contributed by atoms with Crippen molar-refractivity contribution in [3.8, 4) is 0 Å². The van der Waals surface area contributed by atoms with E-state index in [2.05, 4.69) is 5.16 Å². The molecule has 0 aliphatic rings. The number of hydroxylamine groups is 1. The molecule has 0 fully saturated rings. The number of allylic oxidation sites excluding steroid dienone is 1. The average molecular weight is 174 g/mol. The molecule has 0 heterocycles. The fourth-order valence-corrected chi connectivity index (χ4v) is 0.644. The van der Waals surface area contributed by atoms with E-state index in [-0.39, 0.29) is 0 Å². The first-order valence-corrected chi connectivity index (χ1v) is 3.54. The summed E-state index contributed by atoms with van der Waals surface area (Å²) in [6, 6.07) is 0. The van der Waals surface area contributed by atoms with E-state index in [1.165, 1.54) is 0 Å². The van der Waals surface area contributed by atoms with Crippen molar-refractivity contribution in [1.29, 1.82) is 0 Å². The van der Waals surface area contributed by atoms with E-state index >= 15 is 0 Å². The van der Waals surface area contributed by atoms with Crippen molar-refractivity contribution >= 4 is 5.71 Å². The van der Waals surface area contributed by atoms with Gasteiger partial charge in [0.15, 0.2) is 0 Å². The minimum Gasteiger partial charge on any atom is -0.411 e. The maximum absolute atomic E-state index is 8.67. The second kappa shape index (κ2) is 4.08. The minimum atomic E-state index is 0.338. The van der Waals surface area contributed by atoms with E-state index in [0.717, 1.165) is 0 Å². The molecule has 12 heavy (non-hydrogen) atoms. The Morgan fingerprint density at radius 3 is 2.17 bits per heavy atom. The van der Waals surface area contributed by atoms with Crippen LogP contribution in [-0.4, -0.2) is 41.8 Å². The van der Waals surface area contributed by atoms with Gasteiger partial charge < -0.3 is 9.69 Å². The molecule has 70 valence electrons. The standard InChI is InChI=1S/C7H15N3O2/c1-6(8-11)7(9-12)5-10(2,3)4/h5,9,12H,1-4H3/p+1/b7-5-,8-6?. The van der Waals surface area contributed by atoms with Crippen LogP contribution in [0.15, 0.2) is 17.1 Å². The van der Waals surface area contributed by atoms with E-state index < -0.39 is 0 Å². The van der Waals surface area contributed by atoms with Gasteiger partial charge in [0, 0.05) is 0 Å². The first-order valence-electron chi connectivity index (χ1n) is 3.54. The summed E-state index contributed by atoms with van der Waals surface area (Å²) >= 11 is 0. The Morgan fingerprint density at radius 1 is 1.42 bits per heavy atom. The molecule has 0 radical (unpaired) electrons. The molecule has 0 rings (SSSR count). The predicted octanol–water partition coefficient (Wildman–Crippen LogP) is 0.363. The lowest BCUT2D eigenvalue weighted by molar-refractivity contribution is -0.817. The molecule has 0 saturated carbocycles. The van der Waals surface area contributed by atoms with Crippen LogP contribution in [0.1, 0.15) is 6.92 Å². The minimum absolute atomic E-state index is 0.338. The number of hydrogen-bond donors (Lipinski definition) is 3. The van der Waals surface area contributed by atoms with Crippen LogP contribution in [0.4, 0.5) is 0 Å². The maximum Gasteiger partial charge on any atom is 0.138 e. The Balaban J connectivity index is 4.67. The number of hydrogen-bond acceptors (Lipinski definition) is 4. The van der Waals surface area contributed by atoms with E-state index in [1.807, 2.05) is 26.6 Å². The van der Waals surface area contributed by atoms with Gasteiger partial charge >= 0.3 is 0 Å². The van der Waals surface area contributed by atoms with Crippen LogP contribution < -0.4 is 5.48 Å². The molecule has 0 aliphatic carbocycles. The normalized spacial score (nSPS) is 14.8. The monoisotopic (exact) mass is 174 g/mol. The van der Waals surface area contributed by atoms with Gasteiger partial charge in [0.25, 0.3) is 0 Å². The zero-order valence-electron chi connectivity index (χ0n) is 7.87. The first kappa shape index (κ1) is 10.9. The molecule has 0 aromatic rings. The summed E-state index contributed by atoms with van der Waals surface area (Å²) in [7, 11) is 5.76. The van der Waals surface area contributed by atoms with Gasteiger partial charge in [-0.3, -0.25) is 10.7 Å². The van der Waals surface area contributed by atoms with Crippen LogP contribution in [0.25, 0.3) is 0 Å². The molecule has 3 N–H and O–H groups in total. The third kappa shape index (κ3) is 3.95. The summed E-state index contributed by atoms with van der Waals surface area (Å²) in [6.07, 6.45) is 1.72. The Labute approximate surface area is 72.2 Å². The molecule has 5 nitrogen and oxygen atoms in total. The quantitative estimate of drug-likeness (QED) is 0.250. The fourth-order valence-electron chi connectivity index (χ4n) is 0.644. The van der Waals surface area contributed by atoms with Gasteiger partial charge in [-0.25, -0.2) is 0 Å². The van der Waals surface area contributed by atoms with Gasteiger partial charge in [-0.2, -0.15) is 0 Å². The summed E-state index contributed by atoms with van der Waals surface area (Å²) in [6.45, 7) is 1.59. The number of quaternary nitrogens is 1. The summed E-state index contributed by atoms with van der Waals surface area (Å²) < 4.78 is 0.524. The van der Waals surface area contributed by atoms with Gasteiger partial charge in [0.05, 0.1) is 21.1 Å². The summed E-state index contributed by atoms with van der Waals surface area (Å²) in [5.41, 5.74) is 2.70. The van der Waals surface area contributed by atoms with E-state index in [9.17, 15) is 0 Å². The summed E-state index contributed by atoms with van der Waals surface area (Å²) in [4.78, 5) is 0. The molecular formula is C7H16N3O2+. The highest BCUT2D eigenvalue weighted by molar-refractivity contribution is 5.96. The molecule has 0 spiro atoms. The molecule has 0 atom stereocenters. The van der Waals surface area contributed by atoms with Crippen molar-refractivity contribution in [3.05, 3.63) is 11.9 Å². The van der Waals surface area contributed by atoms with Crippen LogP contribution in [0.3, 0.4) is 0 Å². The highest BCUT2D eigenvalue weighted by atomic mass is 16.5. The highest BCUT2D eigenvalue weighted by Crippen LogP contribution is 1.99. The Morgan fingerprint density at radius 2 is 1.92 bits per heavy atom. The maximum atomic E-state index is 8.67. The topological polar surface area (TPSA) is 64.9 Å². The van der Waals surface area contributed by atoms with Gasteiger partial charge in [0.1, 0.15) is 17.6 Å². The van der Waals surface area contributed by atoms with Crippen molar-refractivity contribution in [3.63, 3.8) is 0 Å². The second-order valence-corrected chi connectivity index (χ2v) is 3.46. The lowest BCUT2D eigenvalue weighted by Gasteiger charge is -2.19. The molecule has 0 unspecified atom stereocenters. The number of oxime groups is 1. The van der Waals surface area contributed by atoms with E-state index in [4.69, 9.17) is 10.4 Å². The molecule has 0 aromatic heterocycles. The van der Waals surface area contributed by atoms with Crippen molar-refractivity contribution in [1.82, 2.24) is 5.48 Å². The van der Waals surface area contributed by atoms with E-state index in [0.29, 0.717) is 15.9 Å². The largest absolute Gasteiger partial charge is 0.411 e. The summed E-state index contributed by atoms with van der Waals surface area (Å²) in [5, 5.41) is 20.1. The van der Waals surface area contributed by atoms with Crippen molar-refractivity contribution in [2.45, 2.75) is 6.92 Å². The van der Waals surface area contributed by atoms with Crippen molar-refractivity contribution in [2.24, 2.45) is 5.16 Å².